The zero-order valence-corrected chi connectivity index (χ0v) is 10.1. The highest BCUT2D eigenvalue weighted by atomic mass is 32.1. The van der Waals surface area contributed by atoms with E-state index in [0.29, 0.717) is 31.4 Å². The second kappa shape index (κ2) is 4.80. The minimum absolute atomic E-state index is 0.149. The first-order valence-corrected chi connectivity index (χ1v) is 5.99. The number of hydrogen-bond donors (Lipinski definition) is 1. The minimum atomic E-state index is -1.16. The minimum Gasteiger partial charge on any atom is -0.476 e. The van der Waals surface area contributed by atoms with Gasteiger partial charge in [-0.25, -0.2) is 9.78 Å². The molecule has 0 atom stereocenters. The summed E-state index contributed by atoms with van der Waals surface area (Å²) in [5.74, 6) is -1.43. The predicted octanol–water partition coefficient (Wildman–Crippen LogP) is 0.880. The number of ether oxygens (including phenoxy) is 1. The van der Waals surface area contributed by atoms with Gasteiger partial charge in [0.25, 0.3) is 0 Å². The van der Waals surface area contributed by atoms with E-state index in [1.54, 1.807) is 0 Å². The molecule has 1 aromatic heterocycles. The lowest BCUT2D eigenvalue weighted by atomic mass is 10.3. The van der Waals surface area contributed by atoms with Crippen LogP contribution >= 0.6 is 11.3 Å². The van der Waals surface area contributed by atoms with Gasteiger partial charge in [-0.3, -0.25) is 4.79 Å². The highest BCUT2D eigenvalue weighted by Gasteiger charge is 2.23. The molecular weight excluding hydrogens is 244 g/mol. The van der Waals surface area contributed by atoms with Crippen LogP contribution in [0.1, 0.15) is 27.1 Å². The van der Waals surface area contributed by atoms with Crippen molar-refractivity contribution in [2.45, 2.75) is 6.92 Å². The van der Waals surface area contributed by atoms with Gasteiger partial charge in [-0.05, 0) is 0 Å². The second-order valence-corrected chi connectivity index (χ2v) is 4.61. The summed E-state index contributed by atoms with van der Waals surface area (Å²) in [5.41, 5.74) is -0.149. The molecule has 0 saturated carbocycles. The predicted molar refractivity (Wildman–Crippen MR) is 62.1 cm³/mol. The molecule has 1 N–H and O–H groups in total. The van der Waals surface area contributed by atoms with Crippen LogP contribution in [0.3, 0.4) is 0 Å². The molecule has 92 valence electrons. The van der Waals surface area contributed by atoms with E-state index in [2.05, 4.69) is 4.98 Å². The average Bonchev–Trinajstić information content (AvgIpc) is 2.75. The lowest BCUT2D eigenvalue weighted by molar-refractivity contribution is 0.0687. The number of carboxylic acid groups (broad SMARTS) is 1. The van der Waals surface area contributed by atoms with Crippen molar-refractivity contribution in [1.82, 2.24) is 4.98 Å². The number of carboxylic acids is 1. The Morgan fingerprint density at radius 3 is 2.53 bits per heavy atom. The summed E-state index contributed by atoms with van der Waals surface area (Å²) in [6, 6.07) is 0. The number of morpholine rings is 1. The van der Waals surface area contributed by atoms with Gasteiger partial charge >= 0.3 is 5.97 Å². The van der Waals surface area contributed by atoms with Crippen LogP contribution in [0.4, 0.5) is 5.13 Å². The maximum absolute atomic E-state index is 11.3. The van der Waals surface area contributed by atoms with Crippen molar-refractivity contribution in [2.24, 2.45) is 0 Å². The SMILES string of the molecule is CC(=O)c1sc(N2CCOCC2)nc1C(=O)O. The molecule has 17 heavy (non-hydrogen) atoms. The third-order valence-electron chi connectivity index (χ3n) is 2.42. The number of anilines is 1. The third kappa shape index (κ3) is 2.45. The molecule has 2 heterocycles. The maximum atomic E-state index is 11.3. The van der Waals surface area contributed by atoms with Crippen LogP contribution in [-0.2, 0) is 4.74 Å². The molecule has 6 nitrogen and oxygen atoms in total. The number of rotatable bonds is 3. The Bertz CT molecular complexity index is 420. The Balaban J connectivity index is 2.32. The van der Waals surface area contributed by atoms with Crippen molar-refractivity contribution in [2.75, 3.05) is 31.2 Å². The first kappa shape index (κ1) is 12.0. The molecule has 1 fully saturated rings. The Morgan fingerprint density at radius 2 is 2.06 bits per heavy atom. The summed E-state index contributed by atoms with van der Waals surface area (Å²) in [4.78, 5) is 28.5. The quantitative estimate of drug-likeness (QED) is 0.809. The van der Waals surface area contributed by atoms with E-state index in [1.807, 2.05) is 4.90 Å². The van der Waals surface area contributed by atoms with Crippen LogP contribution < -0.4 is 4.90 Å². The molecule has 0 amide bonds. The van der Waals surface area contributed by atoms with E-state index in [4.69, 9.17) is 9.84 Å². The maximum Gasteiger partial charge on any atom is 0.356 e. The van der Waals surface area contributed by atoms with Gasteiger partial charge in [0, 0.05) is 20.0 Å². The Morgan fingerprint density at radius 1 is 1.41 bits per heavy atom. The normalized spacial score (nSPS) is 15.9. The third-order valence-corrected chi connectivity index (χ3v) is 3.64. The number of Topliss-reactive ketones (excluding diaryl/α,β-unsaturated/α-hetero) is 1. The smallest absolute Gasteiger partial charge is 0.356 e. The van der Waals surface area contributed by atoms with Crippen LogP contribution in [-0.4, -0.2) is 48.1 Å². The molecule has 2 rings (SSSR count). The summed E-state index contributed by atoms with van der Waals surface area (Å²) in [5, 5.41) is 9.55. The lowest BCUT2D eigenvalue weighted by Gasteiger charge is -2.25. The Hall–Kier alpha value is -1.47. The summed E-state index contributed by atoms with van der Waals surface area (Å²) < 4.78 is 5.21. The number of ketones is 1. The van der Waals surface area contributed by atoms with Crippen LogP contribution in [0.25, 0.3) is 0 Å². The molecule has 1 aliphatic heterocycles. The van der Waals surface area contributed by atoms with Crippen molar-refractivity contribution in [3.05, 3.63) is 10.6 Å². The summed E-state index contributed by atoms with van der Waals surface area (Å²) in [7, 11) is 0. The van der Waals surface area contributed by atoms with Crippen LogP contribution in [0.2, 0.25) is 0 Å². The highest BCUT2D eigenvalue weighted by molar-refractivity contribution is 7.17. The van der Waals surface area contributed by atoms with Crippen LogP contribution in [0.15, 0.2) is 0 Å². The molecule has 1 aliphatic rings. The zero-order chi connectivity index (χ0) is 12.4. The number of carbonyl (C=O) groups excluding carboxylic acids is 1. The standard InChI is InChI=1S/C10H12N2O4S/c1-6(13)8-7(9(14)15)11-10(17-8)12-2-4-16-5-3-12/h2-5H2,1H3,(H,14,15). The molecule has 0 aliphatic carbocycles. The molecular formula is C10H12N2O4S. The lowest BCUT2D eigenvalue weighted by Crippen LogP contribution is -2.36. The molecule has 1 aromatic rings. The van der Waals surface area contributed by atoms with E-state index in [1.165, 1.54) is 6.92 Å². The van der Waals surface area contributed by atoms with Crippen molar-refractivity contribution < 1.29 is 19.4 Å². The number of nitrogens with zero attached hydrogens (tertiary/aromatic N) is 2. The molecule has 0 unspecified atom stereocenters. The fourth-order valence-corrected chi connectivity index (χ4v) is 2.59. The molecule has 1 saturated heterocycles. The van der Waals surface area contributed by atoms with Gasteiger partial charge < -0.3 is 14.7 Å². The Kier molecular flexibility index (Phi) is 3.39. The van der Waals surface area contributed by atoms with Crippen molar-refractivity contribution in [3.8, 4) is 0 Å². The number of aromatic nitrogens is 1. The topological polar surface area (TPSA) is 79.7 Å². The first-order valence-electron chi connectivity index (χ1n) is 5.17. The second-order valence-electron chi connectivity index (χ2n) is 3.63. The zero-order valence-electron chi connectivity index (χ0n) is 9.30. The fraction of sp³-hybridized carbons (Fsp3) is 0.500. The van der Waals surface area contributed by atoms with E-state index >= 15 is 0 Å². The van der Waals surface area contributed by atoms with Crippen molar-refractivity contribution in [1.29, 1.82) is 0 Å². The molecule has 7 heteroatoms. The average molecular weight is 256 g/mol. The van der Waals surface area contributed by atoms with Gasteiger partial charge in [0.2, 0.25) is 0 Å². The monoisotopic (exact) mass is 256 g/mol. The fourth-order valence-electron chi connectivity index (χ4n) is 1.58. The van der Waals surface area contributed by atoms with E-state index in [-0.39, 0.29) is 16.4 Å². The highest BCUT2D eigenvalue weighted by Crippen LogP contribution is 2.27. The van der Waals surface area contributed by atoms with Gasteiger partial charge in [0.05, 0.1) is 13.2 Å². The molecule has 0 spiro atoms. The molecule has 0 aromatic carbocycles. The van der Waals surface area contributed by atoms with Gasteiger partial charge in [-0.1, -0.05) is 11.3 Å². The largest absolute Gasteiger partial charge is 0.476 e. The Labute approximate surface area is 102 Å². The first-order chi connectivity index (χ1) is 8.09. The van der Waals surface area contributed by atoms with E-state index < -0.39 is 5.97 Å². The molecule has 0 radical (unpaired) electrons. The van der Waals surface area contributed by atoms with Crippen molar-refractivity contribution in [3.63, 3.8) is 0 Å². The van der Waals surface area contributed by atoms with Gasteiger partial charge in [-0.15, -0.1) is 0 Å². The number of carbonyl (C=O) groups is 2. The van der Waals surface area contributed by atoms with Gasteiger partial charge in [0.15, 0.2) is 16.6 Å². The number of thiazole rings is 1. The summed E-state index contributed by atoms with van der Waals surface area (Å²) in [6.07, 6.45) is 0. The summed E-state index contributed by atoms with van der Waals surface area (Å²) in [6.45, 7) is 3.88. The van der Waals surface area contributed by atoms with E-state index in [0.717, 1.165) is 11.3 Å². The van der Waals surface area contributed by atoms with Crippen molar-refractivity contribution >= 4 is 28.2 Å². The number of hydrogen-bond acceptors (Lipinski definition) is 6. The van der Waals surface area contributed by atoms with Gasteiger partial charge in [0.1, 0.15) is 4.88 Å². The van der Waals surface area contributed by atoms with Crippen LogP contribution in [0, 0.1) is 0 Å². The van der Waals surface area contributed by atoms with Crippen LogP contribution in [0.5, 0.6) is 0 Å². The summed E-state index contributed by atoms with van der Waals surface area (Å²) >= 11 is 1.13. The van der Waals surface area contributed by atoms with Gasteiger partial charge in [-0.2, -0.15) is 0 Å². The van der Waals surface area contributed by atoms with E-state index in [9.17, 15) is 9.59 Å². The number of aromatic carboxylic acids is 1. The molecule has 0 bridgehead atoms.